The zero-order valence-electron chi connectivity index (χ0n) is 17.5. The van der Waals surface area contributed by atoms with Crippen molar-refractivity contribution in [3.05, 3.63) is 71.5 Å². The largest absolute Gasteiger partial charge is 0.480 e. The maximum Gasteiger partial charge on any atom is 0.263 e. The van der Waals surface area contributed by atoms with Gasteiger partial charge in [0.1, 0.15) is 10.9 Å². The number of pyridine rings is 1. The van der Waals surface area contributed by atoms with Crippen molar-refractivity contribution < 1.29 is 14.3 Å². The van der Waals surface area contributed by atoms with E-state index in [2.05, 4.69) is 4.98 Å². The van der Waals surface area contributed by atoms with E-state index in [1.165, 1.54) is 0 Å². The molecule has 1 fully saturated rings. The second-order valence-corrected chi connectivity index (χ2v) is 8.07. The number of nitrogens with zero attached hydrogens (tertiary/aromatic N) is 3. The van der Waals surface area contributed by atoms with Gasteiger partial charge in [0.25, 0.3) is 11.8 Å². The summed E-state index contributed by atoms with van der Waals surface area (Å²) in [6.07, 6.45) is 0.950. The summed E-state index contributed by atoms with van der Waals surface area (Å²) in [5.74, 6) is 0.481. The summed E-state index contributed by atoms with van der Waals surface area (Å²) in [6, 6.07) is 16.5. The molecule has 1 aliphatic rings. The normalized spacial score (nSPS) is 17.5. The van der Waals surface area contributed by atoms with E-state index in [4.69, 9.17) is 16.3 Å². The molecule has 2 heterocycles. The summed E-state index contributed by atoms with van der Waals surface area (Å²) in [4.78, 5) is 33.5. The number of hydrogen-bond acceptors (Lipinski definition) is 4. The molecule has 0 aliphatic carbocycles. The summed E-state index contributed by atoms with van der Waals surface area (Å²) in [6.45, 7) is 5.15. The van der Waals surface area contributed by atoms with Crippen molar-refractivity contribution in [2.24, 2.45) is 0 Å². The number of ether oxygens (including phenoxy) is 1. The van der Waals surface area contributed by atoms with Crippen LogP contribution in [-0.2, 0) is 4.79 Å². The molecule has 1 saturated heterocycles. The Kier molecular flexibility index (Phi) is 6.09. The van der Waals surface area contributed by atoms with Gasteiger partial charge in [-0.3, -0.25) is 9.59 Å². The van der Waals surface area contributed by atoms with E-state index in [0.29, 0.717) is 36.1 Å². The number of aromatic nitrogens is 1. The van der Waals surface area contributed by atoms with Gasteiger partial charge < -0.3 is 14.5 Å². The van der Waals surface area contributed by atoms with E-state index >= 15 is 0 Å². The van der Waals surface area contributed by atoms with Crippen LogP contribution in [0, 0.1) is 0 Å². The third-order valence-corrected chi connectivity index (χ3v) is 5.89. The third-order valence-electron chi connectivity index (χ3n) is 5.59. The van der Waals surface area contributed by atoms with Crippen molar-refractivity contribution in [2.75, 3.05) is 19.6 Å². The zero-order chi connectivity index (χ0) is 22.0. The number of piperazine rings is 1. The minimum atomic E-state index is -0.670. The van der Waals surface area contributed by atoms with Crippen molar-refractivity contribution in [3.63, 3.8) is 0 Å². The smallest absolute Gasteiger partial charge is 0.263 e. The highest BCUT2D eigenvalue weighted by Gasteiger charge is 2.33. The molecule has 160 valence electrons. The molecule has 0 saturated carbocycles. The lowest BCUT2D eigenvalue weighted by atomic mass is 10.1. The van der Waals surface area contributed by atoms with Crippen LogP contribution in [0.5, 0.6) is 5.75 Å². The molecule has 7 heteroatoms. The average molecular weight is 438 g/mol. The topological polar surface area (TPSA) is 62.7 Å². The molecule has 0 N–H and O–H groups in total. The molecule has 0 spiro atoms. The van der Waals surface area contributed by atoms with Crippen molar-refractivity contribution >= 4 is 34.2 Å². The molecule has 4 rings (SSSR count). The summed E-state index contributed by atoms with van der Waals surface area (Å²) in [5, 5.41) is 1.99. The lowest BCUT2D eigenvalue weighted by molar-refractivity contribution is -0.142. The van der Waals surface area contributed by atoms with Crippen LogP contribution in [0.4, 0.5) is 0 Å². The number of amides is 2. The van der Waals surface area contributed by atoms with Gasteiger partial charge in [0.05, 0.1) is 0 Å². The highest BCUT2D eigenvalue weighted by atomic mass is 35.5. The Labute approximate surface area is 186 Å². The third kappa shape index (κ3) is 4.35. The molecular weight excluding hydrogens is 414 g/mol. The number of hydrogen-bond donors (Lipinski definition) is 0. The fourth-order valence-electron chi connectivity index (χ4n) is 3.95. The van der Waals surface area contributed by atoms with Crippen LogP contribution in [0.15, 0.2) is 60.8 Å². The SMILES string of the molecule is CC(Oc1cccc2c(Cl)nccc12)C(=O)N1CCN(C(=O)c2ccccc2)C[C@H]1C. The van der Waals surface area contributed by atoms with Gasteiger partial charge in [-0.05, 0) is 38.1 Å². The van der Waals surface area contributed by atoms with Crippen LogP contribution in [0.1, 0.15) is 24.2 Å². The number of carbonyl (C=O) groups is 2. The summed E-state index contributed by atoms with van der Waals surface area (Å²) in [7, 11) is 0. The summed E-state index contributed by atoms with van der Waals surface area (Å²) < 4.78 is 6.03. The monoisotopic (exact) mass is 437 g/mol. The second kappa shape index (κ2) is 8.94. The molecule has 0 radical (unpaired) electrons. The predicted octanol–water partition coefficient (Wildman–Crippen LogP) is 4.03. The quantitative estimate of drug-likeness (QED) is 0.578. The first kappa shape index (κ1) is 21.1. The Bertz CT molecular complexity index is 1110. The number of carbonyl (C=O) groups excluding carboxylic acids is 2. The molecule has 2 amide bonds. The van der Waals surface area contributed by atoms with Crippen LogP contribution < -0.4 is 4.74 Å². The first-order valence-corrected chi connectivity index (χ1v) is 10.7. The maximum absolute atomic E-state index is 13.1. The number of halogens is 1. The van der Waals surface area contributed by atoms with Crippen LogP contribution in [0.25, 0.3) is 10.8 Å². The van der Waals surface area contributed by atoms with Gasteiger partial charge in [-0.25, -0.2) is 4.98 Å². The van der Waals surface area contributed by atoms with Crippen LogP contribution >= 0.6 is 11.6 Å². The minimum absolute atomic E-state index is 0.00918. The molecule has 0 bridgehead atoms. The fourth-order valence-corrected chi connectivity index (χ4v) is 4.17. The van der Waals surface area contributed by atoms with Crippen LogP contribution in [-0.4, -0.2) is 58.4 Å². The Morgan fingerprint density at radius 3 is 2.58 bits per heavy atom. The Balaban J connectivity index is 1.43. The van der Waals surface area contributed by atoms with E-state index in [0.717, 1.165) is 10.8 Å². The van der Waals surface area contributed by atoms with Crippen molar-refractivity contribution in [1.82, 2.24) is 14.8 Å². The molecule has 2 atom stereocenters. The van der Waals surface area contributed by atoms with Gasteiger partial charge in [0.2, 0.25) is 0 Å². The van der Waals surface area contributed by atoms with Gasteiger partial charge in [-0.1, -0.05) is 41.9 Å². The molecule has 1 unspecified atom stereocenters. The first-order chi connectivity index (χ1) is 15.0. The molecule has 2 aromatic carbocycles. The number of benzene rings is 2. The fraction of sp³-hybridized carbons (Fsp3) is 0.292. The van der Waals surface area contributed by atoms with E-state index in [-0.39, 0.29) is 17.9 Å². The van der Waals surface area contributed by atoms with Crippen molar-refractivity contribution in [2.45, 2.75) is 26.0 Å². The lowest BCUT2D eigenvalue weighted by Gasteiger charge is -2.40. The summed E-state index contributed by atoms with van der Waals surface area (Å²) >= 11 is 6.18. The van der Waals surface area contributed by atoms with Crippen LogP contribution in [0.3, 0.4) is 0 Å². The van der Waals surface area contributed by atoms with Crippen LogP contribution in [0.2, 0.25) is 5.15 Å². The molecule has 6 nitrogen and oxygen atoms in total. The Hall–Kier alpha value is -3.12. The standard InChI is InChI=1S/C24H24ClN3O3/c1-16-15-27(24(30)18-7-4-3-5-8-18)13-14-28(16)23(29)17(2)31-21-10-6-9-20-19(21)11-12-26-22(20)25/h3-12,16-17H,13-15H2,1-2H3/t16-,17?/m1/s1. The van der Waals surface area contributed by atoms with Gasteiger partial charge in [-0.2, -0.15) is 0 Å². The highest BCUT2D eigenvalue weighted by molar-refractivity contribution is 6.34. The number of fused-ring (bicyclic) bond motifs is 1. The van der Waals surface area contributed by atoms with Gasteiger partial charge in [-0.15, -0.1) is 0 Å². The molecule has 31 heavy (non-hydrogen) atoms. The van der Waals surface area contributed by atoms with E-state index in [1.54, 1.807) is 22.9 Å². The Morgan fingerprint density at radius 1 is 1.06 bits per heavy atom. The average Bonchev–Trinajstić information content (AvgIpc) is 2.79. The van der Waals surface area contributed by atoms with E-state index in [1.807, 2.05) is 61.5 Å². The van der Waals surface area contributed by atoms with Gasteiger partial charge >= 0.3 is 0 Å². The van der Waals surface area contributed by atoms with Gasteiger partial charge in [0, 0.05) is 48.2 Å². The van der Waals surface area contributed by atoms with Crippen molar-refractivity contribution in [3.8, 4) is 5.75 Å². The predicted molar refractivity (Wildman–Crippen MR) is 120 cm³/mol. The van der Waals surface area contributed by atoms with E-state index in [9.17, 15) is 9.59 Å². The zero-order valence-corrected chi connectivity index (χ0v) is 18.2. The summed E-state index contributed by atoms with van der Waals surface area (Å²) in [5.41, 5.74) is 0.662. The van der Waals surface area contributed by atoms with Crippen molar-refractivity contribution in [1.29, 1.82) is 0 Å². The molecular formula is C24H24ClN3O3. The number of rotatable bonds is 4. The molecule has 1 aliphatic heterocycles. The second-order valence-electron chi connectivity index (χ2n) is 7.71. The lowest BCUT2D eigenvalue weighted by Crippen LogP contribution is -2.57. The molecule has 3 aromatic rings. The minimum Gasteiger partial charge on any atom is -0.480 e. The highest BCUT2D eigenvalue weighted by Crippen LogP contribution is 2.30. The first-order valence-electron chi connectivity index (χ1n) is 10.3. The van der Waals surface area contributed by atoms with E-state index < -0.39 is 6.10 Å². The van der Waals surface area contributed by atoms with Gasteiger partial charge in [0.15, 0.2) is 6.10 Å². The maximum atomic E-state index is 13.1. The Morgan fingerprint density at radius 2 is 1.84 bits per heavy atom. The molecule has 1 aromatic heterocycles.